The van der Waals surface area contributed by atoms with Crippen molar-refractivity contribution in [2.45, 2.75) is 13.8 Å². The first-order valence-corrected chi connectivity index (χ1v) is 9.16. The van der Waals surface area contributed by atoms with Gasteiger partial charge in [-0.05, 0) is 61.9 Å². The summed E-state index contributed by atoms with van der Waals surface area (Å²) >= 11 is 0. The second-order valence-corrected chi connectivity index (χ2v) is 6.68. The molecule has 0 aliphatic heterocycles. The minimum Gasteiger partial charge on any atom is -0.352 e. The molecule has 0 unspecified atom stereocenters. The number of fused-ring (bicyclic) bond motifs is 1. The highest BCUT2D eigenvalue weighted by Gasteiger charge is 2.16. The van der Waals surface area contributed by atoms with Gasteiger partial charge < -0.3 is 5.32 Å². The molecule has 5 nitrogen and oxygen atoms in total. The maximum absolute atomic E-state index is 14.4. The highest BCUT2D eigenvalue weighted by Crippen LogP contribution is 2.31. The number of amides is 1. The van der Waals surface area contributed by atoms with Crippen molar-refractivity contribution in [3.63, 3.8) is 0 Å². The Balaban J connectivity index is 1.79. The molecular weight excluding hydrogens is 374 g/mol. The van der Waals surface area contributed by atoms with Crippen LogP contribution in [-0.2, 0) is 0 Å². The molecule has 2 N–H and O–H groups in total. The Hall–Kier alpha value is -3.61. The monoisotopic (exact) mass is 392 g/mol. The zero-order valence-corrected chi connectivity index (χ0v) is 15.9. The molecule has 0 saturated carbocycles. The van der Waals surface area contributed by atoms with Gasteiger partial charge in [0.1, 0.15) is 17.3 Å². The van der Waals surface area contributed by atoms with Gasteiger partial charge >= 0.3 is 0 Å². The Bertz CT molecular complexity index is 1220. The second-order valence-electron chi connectivity index (χ2n) is 6.68. The van der Waals surface area contributed by atoms with Crippen LogP contribution < -0.4 is 5.32 Å². The molecule has 0 spiro atoms. The van der Waals surface area contributed by atoms with Crippen molar-refractivity contribution in [3.8, 4) is 22.5 Å². The van der Waals surface area contributed by atoms with Crippen LogP contribution in [0.4, 0.5) is 8.78 Å². The van der Waals surface area contributed by atoms with E-state index < -0.39 is 5.82 Å². The maximum atomic E-state index is 14.4. The lowest BCUT2D eigenvalue weighted by Gasteiger charge is -2.10. The van der Waals surface area contributed by atoms with Gasteiger partial charge in [-0.15, -0.1) is 0 Å². The quantitative estimate of drug-likeness (QED) is 0.532. The van der Waals surface area contributed by atoms with E-state index in [1.165, 1.54) is 18.2 Å². The average molecular weight is 392 g/mol. The van der Waals surface area contributed by atoms with E-state index in [0.29, 0.717) is 34.6 Å². The number of aromatic nitrogens is 3. The molecule has 0 aliphatic rings. The Morgan fingerprint density at radius 2 is 1.90 bits per heavy atom. The van der Waals surface area contributed by atoms with Crippen LogP contribution >= 0.6 is 0 Å². The number of carbonyl (C=O) groups is 1. The van der Waals surface area contributed by atoms with Gasteiger partial charge in [0, 0.05) is 34.8 Å². The molecule has 29 heavy (non-hydrogen) atoms. The van der Waals surface area contributed by atoms with Gasteiger partial charge in [0.25, 0.3) is 5.91 Å². The third kappa shape index (κ3) is 3.47. The first-order chi connectivity index (χ1) is 14.0. The summed E-state index contributed by atoms with van der Waals surface area (Å²) in [5.74, 6) is -1.13. The molecule has 4 rings (SSSR count). The first kappa shape index (κ1) is 18.7. The number of nitrogens with one attached hydrogen (secondary N) is 2. The molecule has 2 heterocycles. The number of halogens is 2. The Kier molecular flexibility index (Phi) is 4.80. The van der Waals surface area contributed by atoms with Crippen molar-refractivity contribution in [2.75, 3.05) is 6.54 Å². The lowest BCUT2D eigenvalue weighted by molar-refractivity contribution is 0.0955. The smallest absolute Gasteiger partial charge is 0.251 e. The van der Waals surface area contributed by atoms with Crippen molar-refractivity contribution < 1.29 is 13.6 Å². The number of hydrogen-bond donors (Lipinski definition) is 2. The molecule has 4 aromatic rings. The van der Waals surface area contributed by atoms with Gasteiger partial charge in [-0.2, -0.15) is 5.10 Å². The lowest BCUT2D eigenvalue weighted by atomic mass is 10.00. The third-order valence-corrected chi connectivity index (χ3v) is 4.78. The second kappa shape index (κ2) is 7.43. The summed E-state index contributed by atoms with van der Waals surface area (Å²) in [4.78, 5) is 16.6. The van der Waals surface area contributed by atoms with E-state index in [0.717, 1.165) is 10.9 Å². The summed E-state index contributed by atoms with van der Waals surface area (Å²) in [5, 5.41) is 10.7. The van der Waals surface area contributed by atoms with Crippen LogP contribution in [0.2, 0.25) is 0 Å². The Labute approximate surface area is 165 Å². The summed E-state index contributed by atoms with van der Waals surface area (Å²) in [6.45, 7) is 3.90. The van der Waals surface area contributed by atoms with Crippen molar-refractivity contribution in [3.05, 3.63) is 71.4 Å². The Morgan fingerprint density at radius 1 is 1.14 bits per heavy atom. The number of benzene rings is 2. The van der Waals surface area contributed by atoms with Crippen molar-refractivity contribution in [1.29, 1.82) is 0 Å². The van der Waals surface area contributed by atoms with E-state index in [1.807, 2.05) is 0 Å². The van der Waals surface area contributed by atoms with Crippen molar-refractivity contribution >= 4 is 16.8 Å². The third-order valence-electron chi connectivity index (χ3n) is 4.78. The fourth-order valence-corrected chi connectivity index (χ4v) is 3.23. The van der Waals surface area contributed by atoms with Crippen LogP contribution in [0.25, 0.3) is 33.4 Å². The predicted octanol–water partition coefficient (Wildman–Crippen LogP) is 4.63. The van der Waals surface area contributed by atoms with Crippen LogP contribution in [-0.4, -0.2) is 27.6 Å². The first-order valence-electron chi connectivity index (χ1n) is 9.16. The van der Waals surface area contributed by atoms with Gasteiger partial charge in [-0.25, -0.2) is 8.78 Å². The van der Waals surface area contributed by atoms with Crippen LogP contribution in [0.3, 0.4) is 0 Å². The molecule has 0 radical (unpaired) electrons. The highest BCUT2D eigenvalue weighted by molar-refractivity contribution is 5.97. The van der Waals surface area contributed by atoms with Gasteiger partial charge in [-0.1, -0.05) is 0 Å². The molecule has 0 aliphatic carbocycles. The standard InChI is InChI=1S/C22H18F2N4O/c1-3-25-22(29)14-8-16(12(2)18(24)9-14)19-10-20-17(11-26-19)21(28-27-20)13-4-6-15(23)7-5-13/h4-11H,3H2,1-2H3,(H,25,29)(H,27,28). The zero-order chi connectivity index (χ0) is 20.5. The van der Waals surface area contributed by atoms with E-state index >= 15 is 0 Å². The fourth-order valence-electron chi connectivity index (χ4n) is 3.23. The van der Waals surface area contributed by atoms with Crippen molar-refractivity contribution in [1.82, 2.24) is 20.5 Å². The van der Waals surface area contributed by atoms with Crippen LogP contribution in [0.1, 0.15) is 22.8 Å². The molecule has 146 valence electrons. The van der Waals surface area contributed by atoms with Crippen LogP contribution in [0.5, 0.6) is 0 Å². The van der Waals surface area contributed by atoms with E-state index in [2.05, 4.69) is 20.5 Å². The molecule has 0 atom stereocenters. The zero-order valence-electron chi connectivity index (χ0n) is 15.9. The van der Waals surface area contributed by atoms with Crippen LogP contribution in [0.15, 0.2) is 48.7 Å². The molecular formula is C22H18F2N4O. The number of hydrogen-bond acceptors (Lipinski definition) is 3. The lowest BCUT2D eigenvalue weighted by Crippen LogP contribution is -2.23. The average Bonchev–Trinajstić information content (AvgIpc) is 3.14. The number of H-pyrrole nitrogens is 1. The molecule has 0 bridgehead atoms. The Morgan fingerprint density at radius 3 is 2.62 bits per heavy atom. The number of aromatic amines is 1. The summed E-state index contributed by atoms with van der Waals surface area (Å²) in [6.07, 6.45) is 1.64. The molecule has 1 amide bonds. The van der Waals surface area contributed by atoms with Gasteiger partial charge in [0.05, 0.1) is 11.2 Å². The normalized spacial score (nSPS) is 11.0. The molecule has 0 fully saturated rings. The molecule has 0 saturated heterocycles. The topological polar surface area (TPSA) is 70.7 Å². The number of nitrogens with zero attached hydrogens (tertiary/aromatic N) is 2. The number of rotatable bonds is 4. The molecule has 2 aromatic carbocycles. The molecule has 2 aromatic heterocycles. The van der Waals surface area contributed by atoms with E-state index in [4.69, 9.17) is 0 Å². The summed E-state index contributed by atoms with van der Waals surface area (Å²) in [7, 11) is 0. The van der Waals surface area contributed by atoms with Crippen LogP contribution in [0, 0.1) is 18.6 Å². The minimum absolute atomic E-state index is 0.239. The van der Waals surface area contributed by atoms with Gasteiger partial charge in [0.2, 0.25) is 0 Å². The number of carbonyl (C=O) groups excluding carboxylic acids is 1. The fraction of sp³-hybridized carbons (Fsp3) is 0.136. The molecule has 7 heteroatoms. The predicted molar refractivity (Wildman–Crippen MR) is 107 cm³/mol. The highest BCUT2D eigenvalue weighted by atomic mass is 19.1. The SMILES string of the molecule is CCNC(=O)c1cc(F)c(C)c(-c2cc3[nH]nc(-c4ccc(F)cc4)c3cn2)c1. The van der Waals surface area contributed by atoms with Gasteiger partial charge in [0.15, 0.2) is 0 Å². The van der Waals surface area contributed by atoms with Crippen molar-refractivity contribution in [2.24, 2.45) is 0 Å². The van der Waals surface area contributed by atoms with E-state index in [-0.39, 0.29) is 17.3 Å². The largest absolute Gasteiger partial charge is 0.352 e. The minimum atomic E-state index is -0.470. The summed E-state index contributed by atoms with van der Waals surface area (Å²) < 4.78 is 27.6. The number of pyridine rings is 1. The summed E-state index contributed by atoms with van der Waals surface area (Å²) in [5.41, 5.74) is 3.82. The van der Waals surface area contributed by atoms with E-state index in [9.17, 15) is 13.6 Å². The van der Waals surface area contributed by atoms with Gasteiger partial charge in [-0.3, -0.25) is 14.9 Å². The van der Waals surface area contributed by atoms with E-state index in [1.54, 1.807) is 44.3 Å². The summed E-state index contributed by atoms with van der Waals surface area (Å²) in [6, 6.07) is 10.7. The maximum Gasteiger partial charge on any atom is 0.251 e.